The number of carbonyl (C=O) groups is 1. The molecule has 4 heterocycles. The maximum absolute atomic E-state index is 12.7. The molecule has 150 valence electrons. The Hall–Kier alpha value is -3.04. The molecule has 0 aliphatic heterocycles. The van der Waals surface area contributed by atoms with Crippen LogP contribution < -0.4 is 5.32 Å². The number of hydrogen-bond acceptors (Lipinski definition) is 6. The van der Waals surface area contributed by atoms with Gasteiger partial charge in [-0.05, 0) is 25.5 Å². The van der Waals surface area contributed by atoms with Gasteiger partial charge >= 0.3 is 0 Å². The first-order chi connectivity index (χ1) is 14.2. The summed E-state index contributed by atoms with van der Waals surface area (Å²) in [6.45, 7) is 3.78. The van der Waals surface area contributed by atoms with Gasteiger partial charge in [0.05, 0.1) is 29.1 Å². The Morgan fingerprint density at radius 3 is 3.00 bits per heavy atom. The third-order valence-corrected chi connectivity index (χ3v) is 5.27. The molecule has 0 unspecified atom stereocenters. The summed E-state index contributed by atoms with van der Waals surface area (Å²) < 4.78 is 8.89. The third kappa shape index (κ3) is 4.20. The zero-order valence-corrected chi connectivity index (χ0v) is 17.1. The molecule has 0 saturated heterocycles. The summed E-state index contributed by atoms with van der Waals surface area (Å²) in [6, 6.07) is 5.69. The zero-order chi connectivity index (χ0) is 20.2. The quantitative estimate of drug-likeness (QED) is 0.452. The van der Waals surface area contributed by atoms with Crippen LogP contribution in [-0.2, 0) is 11.3 Å². The lowest BCUT2D eigenvalue weighted by Gasteiger charge is -2.02. The number of hydrogen-bond donors (Lipinski definition) is 1. The number of ether oxygens (including phenoxy) is 1. The van der Waals surface area contributed by atoms with Crippen LogP contribution in [0.3, 0.4) is 0 Å². The lowest BCUT2D eigenvalue weighted by molar-refractivity contribution is 0.0946. The fraction of sp³-hybridized carbons (Fsp3) is 0.300. The van der Waals surface area contributed by atoms with Crippen LogP contribution in [0.1, 0.15) is 27.6 Å². The number of imidazole rings is 2. The molecular weight excluding hydrogens is 388 g/mol. The van der Waals surface area contributed by atoms with E-state index in [4.69, 9.17) is 4.74 Å². The van der Waals surface area contributed by atoms with Gasteiger partial charge in [-0.1, -0.05) is 6.07 Å². The summed E-state index contributed by atoms with van der Waals surface area (Å²) in [7, 11) is 1.64. The van der Waals surface area contributed by atoms with Crippen LogP contribution in [0.2, 0.25) is 0 Å². The highest BCUT2D eigenvalue weighted by atomic mass is 32.1. The fourth-order valence-corrected chi connectivity index (χ4v) is 3.72. The van der Waals surface area contributed by atoms with Crippen molar-refractivity contribution in [3.63, 3.8) is 0 Å². The largest absolute Gasteiger partial charge is 0.385 e. The number of nitrogens with one attached hydrogen (secondary N) is 1. The van der Waals surface area contributed by atoms with E-state index in [0.717, 1.165) is 22.6 Å². The summed E-state index contributed by atoms with van der Waals surface area (Å²) >= 11 is 1.63. The van der Waals surface area contributed by atoms with Gasteiger partial charge < -0.3 is 14.6 Å². The SMILES string of the molecule is COCCCNC(=O)c1nc(-c2cn(Cc3csc(C)n3)cn2)n2ccccc12. The number of methoxy groups -OCH3 is 1. The van der Waals surface area contributed by atoms with Gasteiger partial charge in [0.2, 0.25) is 0 Å². The number of rotatable bonds is 8. The van der Waals surface area contributed by atoms with Gasteiger partial charge in [-0.3, -0.25) is 9.20 Å². The molecule has 0 aliphatic carbocycles. The van der Waals surface area contributed by atoms with Crippen molar-refractivity contribution in [1.29, 1.82) is 0 Å². The molecule has 0 bridgehead atoms. The van der Waals surface area contributed by atoms with E-state index < -0.39 is 0 Å². The number of nitrogens with zero attached hydrogens (tertiary/aromatic N) is 5. The number of aromatic nitrogens is 5. The first-order valence-corrected chi connectivity index (χ1v) is 10.2. The Bertz CT molecular complexity index is 1130. The lowest BCUT2D eigenvalue weighted by atomic mass is 10.3. The van der Waals surface area contributed by atoms with Crippen LogP contribution in [0.5, 0.6) is 0 Å². The highest BCUT2D eigenvalue weighted by Gasteiger charge is 2.19. The summed E-state index contributed by atoms with van der Waals surface area (Å²) in [4.78, 5) is 26.3. The smallest absolute Gasteiger partial charge is 0.272 e. The summed E-state index contributed by atoms with van der Waals surface area (Å²) in [5.74, 6) is 0.435. The van der Waals surface area contributed by atoms with Crippen LogP contribution in [-0.4, -0.2) is 50.1 Å². The van der Waals surface area contributed by atoms with Crippen molar-refractivity contribution in [2.45, 2.75) is 19.9 Å². The van der Waals surface area contributed by atoms with Gasteiger partial charge in [-0.15, -0.1) is 11.3 Å². The van der Waals surface area contributed by atoms with E-state index in [0.29, 0.717) is 36.9 Å². The fourth-order valence-electron chi connectivity index (χ4n) is 3.12. The standard InChI is InChI=1S/C20H22N6O2S/c1-14-23-15(12-29-14)10-25-11-16(22-13-25)19-24-18(17-6-3-4-8-26(17)19)20(27)21-7-5-9-28-2/h3-4,6,8,11-13H,5,7,9-10H2,1-2H3,(H,21,27). The molecule has 8 nitrogen and oxygen atoms in total. The van der Waals surface area contributed by atoms with Gasteiger partial charge in [0.15, 0.2) is 11.5 Å². The van der Waals surface area contributed by atoms with Crippen LogP contribution in [0, 0.1) is 6.92 Å². The number of thiazole rings is 1. The van der Waals surface area contributed by atoms with Crippen LogP contribution in [0.25, 0.3) is 17.0 Å². The maximum atomic E-state index is 12.7. The molecule has 1 N–H and O–H groups in total. The van der Waals surface area contributed by atoms with Crippen LogP contribution >= 0.6 is 11.3 Å². The van der Waals surface area contributed by atoms with Crippen molar-refractivity contribution in [2.24, 2.45) is 0 Å². The molecule has 0 aromatic carbocycles. The van der Waals surface area contributed by atoms with E-state index in [1.807, 2.05) is 51.9 Å². The predicted octanol–water partition coefficient (Wildman–Crippen LogP) is 2.78. The minimum atomic E-state index is -0.201. The van der Waals surface area contributed by atoms with Crippen molar-refractivity contribution in [2.75, 3.05) is 20.3 Å². The highest BCUT2D eigenvalue weighted by molar-refractivity contribution is 7.09. The molecule has 0 radical (unpaired) electrons. The monoisotopic (exact) mass is 410 g/mol. The van der Waals surface area contributed by atoms with Gasteiger partial charge in [-0.2, -0.15) is 0 Å². The lowest BCUT2D eigenvalue weighted by Crippen LogP contribution is -2.25. The van der Waals surface area contributed by atoms with E-state index in [-0.39, 0.29) is 5.91 Å². The zero-order valence-electron chi connectivity index (χ0n) is 16.3. The van der Waals surface area contributed by atoms with Crippen molar-refractivity contribution in [3.05, 3.63) is 58.7 Å². The van der Waals surface area contributed by atoms with E-state index in [1.165, 1.54) is 0 Å². The second-order valence-corrected chi connectivity index (χ2v) is 7.69. The van der Waals surface area contributed by atoms with Crippen LogP contribution in [0.15, 0.2) is 42.3 Å². The van der Waals surface area contributed by atoms with Crippen molar-refractivity contribution in [1.82, 2.24) is 29.2 Å². The number of amides is 1. The van der Waals surface area contributed by atoms with Gasteiger partial charge in [-0.25, -0.2) is 15.0 Å². The van der Waals surface area contributed by atoms with Gasteiger partial charge in [0.1, 0.15) is 5.69 Å². The average Bonchev–Trinajstić information content (AvgIpc) is 3.44. The predicted molar refractivity (Wildman–Crippen MR) is 111 cm³/mol. The summed E-state index contributed by atoms with van der Waals surface area (Å²) in [5, 5.41) is 5.99. The molecule has 4 rings (SSSR count). The molecule has 4 aromatic heterocycles. The Morgan fingerprint density at radius 1 is 1.31 bits per heavy atom. The molecular formula is C20H22N6O2S. The van der Waals surface area contributed by atoms with Crippen molar-refractivity contribution in [3.8, 4) is 11.5 Å². The first kappa shape index (κ1) is 19.3. The minimum absolute atomic E-state index is 0.201. The van der Waals surface area contributed by atoms with E-state index in [1.54, 1.807) is 24.8 Å². The number of fused-ring (bicyclic) bond motifs is 1. The van der Waals surface area contributed by atoms with Gasteiger partial charge in [0.25, 0.3) is 5.91 Å². The Balaban J connectivity index is 1.60. The molecule has 0 spiro atoms. The van der Waals surface area contributed by atoms with E-state index in [9.17, 15) is 4.79 Å². The molecule has 0 saturated carbocycles. The molecule has 0 aliphatic rings. The Kier molecular flexibility index (Phi) is 5.68. The van der Waals surface area contributed by atoms with Crippen LogP contribution in [0.4, 0.5) is 0 Å². The normalized spacial score (nSPS) is 11.2. The third-order valence-electron chi connectivity index (χ3n) is 4.45. The topological polar surface area (TPSA) is 86.3 Å². The molecule has 29 heavy (non-hydrogen) atoms. The van der Waals surface area contributed by atoms with Gasteiger partial charge in [0, 0.05) is 38.0 Å². The van der Waals surface area contributed by atoms with Crippen molar-refractivity contribution >= 4 is 22.8 Å². The summed E-state index contributed by atoms with van der Waals surface area (Å²) in [5.41, 5.74) is 2.84. The number of aryl methyl sites for hydroxylation is 1. The minimum Gasteiger partial charge on any atom is -0.385 e. The molecule has 1 amide bonds. The Morgan fingerprint density at radius 2 is 2.21 bits per heavy atom. The average molecular weight is 411 g/mol. The molecule has 9 heteroatoms. The molecule has 0 atom stereocenters. The molecule has 0 fully saturated rings. The maximum Gasteiger partial charge on any atom is 0.272 e. The van der Waals surface area contributed by atoms with Crippen molar-refractivity contribution < 1.29 is 9.53 Å². The Labute approximate surface area is 172 Å². The number of pyridine rings is 1. The summed E-state index contributed by atoms with van der Waals surface area (Å²) in [6.07, 6.45) is 6.33. The second-order valence-electron chi connectivity index (χ2n) is 6.63. The van der Waals surface area contributed by atoms with E-state index in [2.05, 4.69) is 20.3 Å². The van der Waals surface area contributed by atoms with E-state index >= 15 is 0 Å². The molecule has 4 aromatic rings. The highest BCUT2D eigenvalue weighted by Crippen LogP contribution is 2.22. The number of carbonyl (C=O) groups excluding carboxylic acids is 1. The first-order valence-electron chi connectivity index (χ1n) is 9.33. The second kappa shape index (κ2) is 8.54.